The van der Waals surface area contributed by atoms with Gasteiger partial charge in [-0.25, -0.2) is 19.3 Å². The van der Waals surface area contributed by atoms with E-state index in [1.165, 1.54) is 12.1 Å². The number of phenols is 1. The zero-order valence-electron chi connectivity index (χ0n) is 26.3. The van der Waals surface area contributed by atoms with Crippen LogP contribution in [0.15, 0.2) is 42.7 Å². The van der Waals surface area contributed by atoms with E-state index in [1.54, 1.807) is 12.4 Å². The number of halogens is 1. The van der Waals surface area contributed by atoms with Crippen LogP contribution in [0.1, 0.15) is 41.3 Å². The van der Waals surface area contributed by atoms with Crippen molar-refractivity contribution in [3.8, 4) is 28.4 Å². The fourth-order valence-corrected chi connectivity index (χ4v) is 6.71. The van der Waals surface area contributed by atoms with Gasteiger partial charge in [-0.1, -0.05) is 19.9 Å². The Bertz CT molecular complexity index is 1880. The van der Waals surface area contributed by atoms with E-state index in [0.29, 0.717) is 55.5 Å². The minimum absolute atomic E-state index is 0.123. The SMILES string of the molecule is CCc1cc(O)c(F)cc1-c1ccc2c(-c3nc4c([nH]3)CCN(C(=O)c3cnc(N5CCN(C)C[C@H](C)C5)cn3)CC4)n[nH]c2c1. The number of benzene rings is 2. The fraction of sp³-hybridized carbons (Fsp3) is 0.382. The number of phenolic OH excluding ortho intramolecular Hbond substituents is 1. The number of aromatic nitrogens is 6. The Morgan fingerprint density at radius 3 is 2.72 bits per heavy atom. The number of nitrogens with one attached hydrogen (secondary N) is 2. The minimum Gasteiger partial charge on any atom is -0.505 e. The van der Waals surface area contributed by atoms with Crippen molar-refractivity contribution in [1.82, 2.24) is 39.9 Å². The highest BCUT2D eigenvalue weighted by Crippen LogP contribution is 2.34. The number of carbonyl (C=O) groups excluding carboxylic acids is 1. The molecule has 11 nitrogen and oxygen atoms in total. The molecule has 1 atom stereocenters. The number of rotatable bonds is 5. The maximum Gasteiger partial charge on any atom is 0.274 e. The van der Waals surface area contributed by atoms with E-state index in [2.05, 4.69) is 48.9 Å². The first kappa shape index (κ1) is 29.8. The summed E-state index contributed by atoms with van der Waals surface area (Å²) < 4.78 is 14.2. The van der Waals surface area contributed by atoms with Crippen molar-refractivity contribution in [2.24, 2.45) is 5.92 Å². The van der Waals surface area contributed by atoms with Gasteiger partial charge in [0.2, 0.25) is 0 Å². The van der Waals surface area contributed by atoms with E-state index < -0.39 is 5.82 Å². The van der Waals surface area contributed by atoms with Crippen molar-refractivity contribution < 1.29 is 14.3 Å². The third kappa shape index (κ3) is 5.68. The average Bonchev–Trinajstić information content (AvgIpc) is 3.55. The molecule has 0 bridgehead atoms. The van der Waals surface area contributed by atoms with Crippen LogP contribution in [-0.4, -0.2) is 97.3 Å². The highest BCUT2D eigenvalue weighted by Gasteiger charge is 2.25. The summed E-state index contributed by atoms with van der Waals surface area (Å²) in [4.78, 5) is 37.3. The predicted molar refractivity (Wildman–Crippen MR) is 174 cm³/mol. The van der Waals surface area contributed by atoms with Crippen LogP contribution in [-0.2, 0) is 19.3 Å². The van der Waals surface area contributed by atoms with Crippen LogP contribution in [0.3, 0.4) is 0 Å². The highest BCUT2D eigenvalue weighted by molar-refractivity contribution is 5.94. The molecule has 1 amide bonds. The van der Waals surface area contributed by atoms with Crippen LogP contribution in [0, 0.1) is 11.7 Å². The number of fused-ring (bicyclic) bond motifs is 2. The third-order valence-corrected chi connectivity index (χ3v) is 9.14. The normalized spacial score (nSPS) is 17.6. The van der Waals surface area contributed by atoms with E-state index in [9.17, 15) is 14.3 Å². The Morgan fingerprint density at radius 1 is 1.07 bits per heavy atom. The van der Waals surface area contributed by atoms with Gasteiger partial charge in [0, 0.05) is 63.2 Å². The number of hydrogen-bond donors (Lipinski definition) is 3. The molecule has 2 aliphatic heterocycles. The molecule has 0 aliphatic carbocycles. The van der Waals surface area contributed by atoms with Gasteiger partial charge in [-0.15, -0.1) is 0 Å². The molecule has 7 rings (SSSR count). The number of anilines is 1. The van der Waals surface area contributed by atoms with Gasteiger partial charge >= 0.3 is 0 Å². The van der Waals surface area contributed by atoms with Crippen LogP contribution in [0.4, 0.5) is 10.2 Å². The molecule has 1 saturated heterocycles. The lowest BCUT2D eigenvalue weighted by molar-refractivity contribution is 0.0756. The predicted octanol–water partition coefficient (Wildman–Crippen LogP) is 4.45. The van der Waals surface area contributed by atoms with Gasteiger partial charge in [-0.05, 0) is 60.3 Å². The maximum absolute atomic E-state index is 14.2. The fourth-order valence-electron chi connectivity index (χ4n) is 6.71. The number of hydrogen-bond acceptors (Lipinski definition) is 8. The van der Waals surface area contributed by atoms with Crippen LogP contribution in [0.25, 0.3) is 33.5 Å². The number of aromatic hydroxyl groups is 1. The zero-order chi connectivity index (χ0) is 31.9. The molecule has 46 heavy (non-hydrogen) atoms. The second kappa shape index (κ2) is 12.2. The van der Waals surface area contributed by atoms with Crippen LogP contribution >= 0.6 is 0 Å². The van der Waals surface area contributed by atoms with Crippen LogP contribution < -0.4 is 4.90 Å². The Balaban J connectivity index is 1.04. The van der Waals surface area contributed by atoms with Crippen molar-refractivity contribution in [1.29, 1.82) is 0 Å². The van der Waals surface area contributed by atoms with E-state index in [0.717, 1.165) is 71.0 Å². The summed E-state index contributed by atoms with van der Waals surface area (Å²) in [5.74, 6) is 0.891. The molecular weight excluding hydrogens is 585 g/mol. The molecule has 12 heteroatoms. The summed E-state index contributed by atoms with van der Waals surface area (Å²) in [6.45, 7) is 9.11. The van der Waals surface area contributed by atoms with Gasteiger partial charge in [0.05, 0.1) is 23.6 Å². The van der Waals surface area contributed by atoms with Gasteiger partial charge in [0.25, 0.3) is 5.91 Å². The van der Waals surface area contributed by atoms with Crippen molar-refractivity contribution >= 4 is 22.6 Å². The Labute approximate surface area is 266 Å². The summed E-state index contributed by atoms with van der Waals surface area (Å²) in [5.41, 5.74) is 6.21. The van der Waals surface area contributed by atoms with Gasteiger partial charge in [0.1, 0.15) is 17.2 Å². The van der Waals surface area contributed by atoms with E-state index in [4.69, 9.17) is 4.98 Å². The zero-order valence-corrected chi connectivity index (χ0v) is 26.3. The lowest BCUT2D eigenvalue weighted by Crippen LogP contribution is -2.34. The highest BCUT2D eigenvalue weighted by atomic mass is 19.1. The molecule has 238 valence electrons. The average molecular weight is 624 g/mol. The molecule has 1 fully saturated rings. The summed E-state index contributed by atoms with van der Waals surface area (Å²) in [6.07, 6.45) is 5.24. The van der Waals surface area contributed by atoms with Crippen molar-refractivity contribution in [3.63, 3.8) is 0 Å². The molecule has 0 spiro atoms. The smallest absolute Gasteiger partial charge is 0.274 e. The minimum atomic E-state index is -0.646. The number of H-pyrrole nitrogens is 2. The molecule has 2 aliphatic rings. The third-order valence-electron chi connectivity index (χ3n) is 9.14. The van der Waals surface area contributed by atoms with Gasteiger partial charge in [-0.2, -0.15) is 5.10 Å². The standard InChI is InChI=1S/C34H38FN9O2/c1-4-21-14-30(45)25(35)15-24(21)22-5-6-23-28(13-22)40-41-32(23)33-38-26-7-9-43(10-8-27(26)39-33)34(46)29-16-37-31(17-36-29)44-12-11-42(3)18-20(2)19-44/h5-6,13-17,20,45H,4,7-12,18-19H2,1-3H3,(H,38,39)(H,40,41)/t20-/m0/s1. The number of carbonyl (C=O) groups is 1. The monoisotopic (exact) mass is 623 g/mol. The van der Waals surface area contributed by atoms with E-state index in [1.807, 2.05) is 30.0 Å². The molecule has 3 N–H and O–H groups in total. The van der Waals surface area contributed by atoms with Crippen LogP contribution in [0.5, 0.6) is 5.75 Å². The molecule has 0 saturated carbocycles. The Hall–Kier alpha value is -4.84. The largest absolute Gasteiger partial charge is 0.505 e. The summed E-state index contributed by atoms with van der Waals surface area (Å²) in [6, 6.07) is 8.70. The number of nitrogens with zero attached hydrogens (tertiary/aromatic N) is 7. The first-order valence-electron chi connectivity index (χ1n) is 15.9. The number of amides is 1. The van der Waals surface area contributed by atoms with E-state index >= 15 is 0 Å². The molecule has 5 heterocycles. The molecule has 5 aromatic rings. The Kier molecular flexibility index (Phi) is 7.89. The lowest BCUT2D eigenvalue weighted by Gasteiger charge is -2.23. The van der Waals surface area contributed by atoms with Crippen LogP contribution in [0.2, 0.25) is 0 Å². The summed E-state index contributed by atoms with van der Waals surface area (Å²) in [5, 5.41) is 18.4. The van der Waals surface area contributed by atoms with Gasteiger partial charge in [0.15, 0.2) is 17.4 Å². The summed E-state index contributed by atoms with van der Waals surface area (Å²) in [7, 11) is 2.14. The van der Waals surface area contributed by atoms with E-state index in [-0.39, 0.29) is 11.7 Å². The van der Waals surface area contributed by atoms with Crippen molar-refractivity contribution in [3.05, 3.63) is 71.2 Å². The summed E-state index contributed by atoms with van der Waals surface area (Å²) >= 11 is 0. The maximum atomic E-state index is 14.2. The van der Waals surface area contributed by atoms with Gasteiger partial charge < -0.3 is 24.8 Å². The molecule has 3 aromatic heterocycles. The number of aryl methyl sites for hydroxylation is 1. The molecule has 0 unspecified atom stereocenters. The molecule has 0 radical (unpaired) electrons. The quantitative estimate of drug-likeness (QED) is 0.262. The number of aromatic amines is 2. The Morgan fingerprint density at radius 2 is 1.91 bits per heavy atom. The number of likely N-dealkylation sites (N-methyl/N-ethyl adjacent to an activating group) is 1. The van der Waals surface area contributed by atoms with Gasteiger partial charge in [-0.3, -0.25) is 9.89 Å². The second-order valence-corrected chi connectivity index (χ2v) is 12.5. The molecule has 2 aromatic carbocycles. The number of imidazole rings is 1. The first-order valence-corrected chi connectivity index (χ1v) is 15.9. The topological polar surface area (TPSA) is 130 Å². The van der Waals surface area contributed by atoms with Crippen molar-refractivity contribution in [2.75, 3.05) is 51.2 Å². The molecular formula is C34H38FN9O2. The second-order valence-electron chi connectivity index (χ2n) is 12.5. The first-order chi connectivity index (χ1) is 22.3. The van der Waals surface area contributed by atoms with Crippen molar-refractivity contribution in [2.45, 2.75) is 33.1 Å². The lowest BCUT2D eigenvalue weighted by atomic mass is 9.96.